The summed E-state index contributed by atoms with van der Waals surface area (Å²) in [5.74, 6) is 1.56. The zero-order chi connectivity index (χ0) is 22.8. The number of aromatic nitrogens is 2. The zero-order valence-corrected chi connectivity index (χ0v) is 18.9. The van der Waals surface area contributed by atoms with Gasteiger partial charge in [-0.15, -0.1) is 11.3 Å². The summed E-state index contributed by atoms with van der Waals surface area (Å²) in [6.07, 6.45) is 0.898. The Balaban J connectivity index is 1.28. The van der Waals surface area contributed by atoms with Crippen LogP contribution in [-0.2, 0) is 17.8 Å². The maximum atomic E-state index is 11.1. The molecule has 0 spiro atoms. The van der Waals surface area contributed by atoms with Crippen molar-refractivity contribution in [3.8, 4) is 33.7 Å². The number of para-hydroxylation sites is 1. The van der Waals surface area contributed by atoms with Crippen LogP contribution in [0.5, 0.6) is 11.5 Å². The molecule has 4 aromatic rings. The largest absolute Gasteiger partial charge is 0.481 e. The highest BCUT2D eigenvalue weighted by Crippen LogP contribution is 2.34. The molecule has 0 aliphatic carbocycles. The predicted molar refractivity (Wildman–Crippen MR) is 125 cm³/mol. The van der Waals surface area contributed by atoms with E-state index in [4.69, 9.17) is 14.4 Å². The van der Waals surface area contributed by atoms with Crippen LogP contribution in [0.2, 0.25) is 0 Å². The molecule has 1 N–H and O–H groups in total. The van der Waals surface area contributed by atoms with Crippen LogP contribution in [0.4, 0.5) is 0 Å². The quantitative estimate of drug-likeness (QED) is 0.379. The van der Waals surface area contributed by atoms with Crippen LogP contribution in [0.15, 0.2) is 65.2 Å². The van der Waals surface area contributed by atoms with Gasteiger partial charge >= 0.3 is 5.97 Å². The first-order valence-corrected chi connectivity index (χ1v) is 11.6. The Hall–Kier alpha value is -3.49. The van der Waals surface area contributed by atoms with E-state index in [1.165, 1.54) is 10.4 Å². The van der Waals surface area contributed by atoms with E-state index in [1.54, 1.807) is 11.3 Å². The molecule has 1 saturated heterocycles. The molecule has 0 atom stereocenters. The Morgan fingerprint density at radius 2 is 1.88 bits per heavy atom. The molecule has 3 heterocycles. The van der Waals surface area contributed by atoms with Crippen LogP contribution in [-0.4, -0.2) is 39.2 Å². The fourth-order valence-corrected chi connectivity index (χ4v) is 5.02. The van der Waals surface area contributed by atoms with E-state index in [0.29, 0.717) is 24.8 Å². The molecule has 7 nitrogen and oxygen atoms in total. The van der Waals surface area contributed by atoms with E-state index in [1.807, 2.05) is 54.6 Å². The van der Waals surface area contributed by atoms with Crippen molar-refractivity contribution in [2.75, 3.05) is 13.1 Å². The highest BCUT2D eigenvalue weighted by molar-refractivity contribution is 7.15. The van der Waals surface area contributed by atoms with E-state index in [0.717, 1.165) is 34.9 Å². The lowest BCUT2D eigenvalue weighted by atomic mass is 10.0. The van der Waals surface area contributed by atoms with Crippen molar-refractivity contribution in [2.45, 2.75) is 19.9 Å². The van der Waals surface area contributed by atoms with Crippen LogP contribution in [0, 0.1) is 5.92 Å². The molecule has 0 bridgehead atoms. The van der Waals surface area contributed by atoms with Crippen molar-refractivity contribution >= 4 is 17.3 Å². The van der Waals surface area contributed by atoms with Crippen LogP contribution < -0.4 is 4.74 Å². The number of hydrogen-bond acceptors (Lipinski definition) is 7. The molecule has 2 aromatic carbocycles. The summed E-state index contributed by atoms with van der Waals surface area (Å²) in [5.41, 5.74) is 2.06. The lowest BCUT2D eigenvalue weighted by Gasteiger charge is -2.36. The summed E-state index contributed by atoms with van der Waals surface area (Å²) in [6.45, 7) is 4.07. The van der Waals surface area contributed by atoms with Gasteiger partial charge < -0.3 is 14.4 Å². The number of carbonyl (C=O) groups is 1. The molecule has 0 saturated carbocycles. The Morgan fingerprint density at radius 3 is 2.58 bits per heavy atom. The number of carboxylic acid groups (broad SMARTS) is 1. The third kappa shape index (κ3) is 4.67. The Kier molecular flexibility index (Phi) is 5.93. The number of likely N-dealkylation sites (tertiary alicyclic amines) is 1. The lowest BCUT2D eigenvalue weighted by molar-refractivity contribution is -0.147. The minimum Gasteiger partial charge on any atom is -0.481 e. The number of aliphatic carboxylic acids is 1. The summed E-state index contributed by atoms with van der Waals surface area (Å²) in [5, 5.41) is 13.3. The first-order valence-electron chi connectivity index (χ1n) is 10.8. The fourth-order valence-electron chi connectivity index (χ4n) is 3.80. The van der Waals surface area contributed by atoms with Gasteiger partial charge in [-0.05, 0) is 54.4 Å². The maximum Gasteiger partial charge on any atom is 0.309 e. The molecular formula is C25H23N3O4S. The van der Waals surface area contributed by atoms with Crippen molar-refractivity contribution in [3.63, 3.8) is 0 Å². The standard InChI is InChI=1S/C25H23N3O4S/c1-2-16-12-21(33-22(16)15-28-13-18(14-28)25(29)30)23-26-24(32-27-23)17-8-10-20(11-9-17)31-19-6-4-3-5-7-19/h3-12,18H,2,13-15H2,1H3,(H,29,30). The molecule has 1 fully saturated rings. The minimum atomic E-state index is -0.715. The predicted octanol–water partition coefficient (Wildman–Crippen LogP) is 5.34. The molecule has 5 rings (SSSR count). The molecule has 0 amide bonds. The van der Waals surface area contributed by atoms with Gasteiger partial charge in [0, 0.05) is 30.1 Å². The second kappa shape index (κ2) is 9.17. The normalized spacial score (nSPS) is 14.2. The molecule has 0 radical (unpaired) electrons. The fraction of sp³-hybridized carbons (Fsp3) is 0.240. The SMILES string of the molecule is CCc1cc(-c2noc(-c3ccc(Oc4ccccc4)cc3)n2)sc1CN1CC(C(=O)O)C1. The monoisotopic (exact) mass is 461 g/mol. The number of ether oxygens (including phenoxy) is 1. The van der Waals surface area contributed by atoms with E-state index in [-0.39, 0.29) is 5.92 Å². The maximum absolute atomic E-state index is 11.1. The van der Waals surface area contributed by atoms with Crippen molar-refractivity contribution < 1.29 is 19.2 Å². The van der Waals surface area contributed by atoms with Crippen molar-refractivity contribution in [2.24, 2.45) is 5.92 Å². The van der Waals surface area contributed by atoms with E-state index < -0.39 is 5.97 Å². The van der Waals surface area contributed by atoms with Gasteiger partial charge in [-0.2, -0.15) is 4.98 Å². The Labute approximate surface area is 195 Å². The smallest absolute Gasteiger partial charge is 0.309 e. The average molecular weight is 462 g/mol. The van der Waals surface area contributed by atoms with E-state index >= 15 is 0 Å². The second-order valence-electron chi connectivity index (χ2n) is 8.00. The first kappa shape index (κ1) is 21.4. The molecule has 1 aliphatic heterocycles. The van der Waals surface area contributed by atoms with Crippen LogP contribution >= 0.6 is 11.3 Å². The molecule has 168 valence electrons. The third-order valence-corrected chi connectivity index (χ3v) is 6.84. The molecule has 1 aliphatic rings. The summed E-state index contributed by atoms with van der Waals surface area (Å²) in [7, 11) is 0. The Morgan fingerprint density at radius 1 is 1.15 bits per heavy atom. The summed E-state index contributed by atoms with van der Waals surface area (Å²) in [4.78, 5) is 20.0. The zero-order valence-electron chi connectivity index (χ0n) is 18.1. The van der Waals surface area contributed by atoms with Gasteiger partial charge in [0.25, 0.3) is 5.89 Å². The summed E-state index contributed by atoms with van der Waals surface area (Å²) >= 11 is 1.64. The van der Waals surface area contributed by atoms with Crippen molar-refractivity contribution in [3.05, 3.63) is 71.1 Å². The van der Waals surface area contributed by atoms with Gasteiger partial charge in [0.15, 0.2) is 0 Å². The lowest BCUT2D eigenvalue weighted by Crippen LogP contribution is -2.49. The number of nitrogens with zero attached hydrogens (tertiary/aromatic N) is 3. The number of rotatable bonds is 8. The van der Waals surface area contributed by atoms with Gasteiger partial charge in [0.2, 0.25) is 5.82 Å². The topological polar surface area (TPSA) is 88.7 Å². The summed E-state index contributed by atoms with van der Waals surface area (Å²) in [6, 6.07) is 19.3. The van der Waals surface area contributed by atoms with Crippen LogP contribution in [0.25, 0.3) is 22.2 Å². The third-order valence-electron chi connectivity index (χ3n) is 5.68. The van der Waals surface area contributed by atoms with Crippen LogP contribution in [0.3, 0.4) is 0 Å². The Bertz CT molecular complexity index is 1240. The van der Waals surface area contributed by atoms with Gasteiger partial charge in [-0.1, -0.05) is 30.3 Å². The van der Waals surface area contributed by atoms with Gasteiger partial charge in [0.1, 0.15) is 11.5 Å². The molecular weight excluding hydrogens is 438 g/mol. The van der Waals surface area contributed by atoms with Crippen LogP contribution in [0.1, 0.15) is 17.4 Å². The number of carboxylic acids is 1. The number of aryl methyl sites for hydroxylation is 1. The molecule has 33 heavy (non-hydrogen) atoms. The van der Waals surface area contributed by atoms with Gasteiger partial charge in [0.05, 0.1) is 10.8 Å². The van der Waals surface area contributed by atoms with E-state index in [2.05, 4.69) is 28.0 Å². The van der Waals surface area contributed by atoms with Gasteiger partial charge in [-0.3, -0.25) is 9.69 Å². The van der Waals surface area contributed by atoms with Crippen molar-refractivity contribution in [1.29, 1.82) is 0 Å². The molecule has 8 heteroatoms. The van der Waals surface area contributed by atoms with Gasteiger partial charge in [-0.25, -0.2) is 0 Å². The highest BCUT2D eigenvalue weighted by Gasteiger charge is 2.33. The average Bonchev–Trinajstić information content (AvgIpc) is 3.44. The number of hydrogen-bond donors (Lipinski definition) is 1. The van der Waals surface area contributed by atoms with E-state index in [9.17, 15) is 4.79 Å². The van der Waals surface area contributed by atoms with Crippen molar-refractivity contribution in [1.82, 2.24) is 15.0 Å². The summed E-state index contributed by atoms with van der Waals surface area (Å²) < 4.78 is 11.4. The molecule has 0 unspecified atom stereocenters. The first-order chi connectivity index (χ1) is 16.1. The number of benzene rings is 2. The minimum absolute atomic E-state index is 0.251. The highest BCUT2D eigenvalue weighted by atomic mass is 32.1. The molecule has 2 aromatic heterocycles. The second-order valence-corrected chi connectivity index (χ2v) is 9.14. The number of thiophene rings is 1.